The van der Waals surface area contributed by atoms with Gasteiger partial charge in [0.1, 0.15) is 18.3 Å². The number of ether oxygens (including phenoxy) is 1. The molecule has 0 fully saturated rings. The number of amides is 2. The smallest absolute Gasteiger partial charge is 0.264 e. The summed E-state index contributed by atoms with van der Waals surface area (Å²) in [7, 11) is -2.59. The van der Waals surface area contributed by atoms with Crippen LogP contribution < -0.4 is 14.4 Å². The zero-order valence-corrected chi connectivity index (χ0v) is 24.6. The molecule has 0 bridgehead atoms. The van der Waals surface area contributed by atoms with Crippen molar-refractivity contribution in [1.82, 2.24) is 10.2 Å². The summed E-state index contributed by atoms with van der Waals surface area (Å²) in [6.07, 6.45) is 1.11. The Bertz CT molecular complexity index is 1380. The summed E-state index contributed by atoms with van der Waals surface area (Å²) in [5.41, 5.74) is 2.18. The van der Waals surface area contributed by atoms with E-state index in [9.17, 15) is 18.0 Å². The summed E-state index contributed by atoms with van der Waals surface area (Å²) in [5.74, 6) is -0.191. The van der Waals surface area contributed by atoms with E-state index < -0.39 is 28.5 Å². The molecule has 0 radical (unpaired) electrons. The first-order chi connectivity index (χ1) is 19.1. The molecule has 2 amide bonds. The molecule has 8 nitrogen and oxygen atoms in total. The molecule has 0 aromatic heterocycles. The van der Waals surface area contributed by atoms with Gasteiger partial charge < -0.3 is 15.0 Å². The predicted molar refractivity (Wildman–Crippen MR) is 158 cm³/mol. The number of rotatable bonds is 13. The summed E-state index contributed by atoms with van der Waals surface area (Å²) in [6.45, 7) is 7.37. The van der Waals surface area contributed by atoms with E-state index in [1.54, 1.807) is 42.5 Å². The zero-order chi connectivity index (χ0) is 29.3. The van der Waals surface area contributed by atoms with Crippen molar-refractivity contribution in [3.63, 3.8) is 0 Å². The third-order valence-corrected chi connectivity index (χ3v) is 8.58. The summed E-state index contributed by atoms with van der Waals surface area (Å²) >= 11 is 0. The lowest BCUT2D eigenvalue weighted by Crippen LogP contribution is -2.53. The Kier molecular flexibility index (Phi) is 10.7. The first kappa shape index (κ1) is 30.7. The van der Waals surface area contributed by atoms with E-state index in [-0.39, 0.29) is 23.4 Å². The topological polar surface area (TPSA) is 96.0 Å². The highest BCUT2D eigenvalue weighted by Gasteiger charge is 2.34. The number of nitrogens with zero attached hydrogens (tertiary/aromatic N) is 2. The van der Waals surface area contributed by atoms with Crippen LogP contribution in [0.1, 0.15) is 44.7 Å². The van der Waals surface area contributed by atoms with Crippen LogP contribution in [0, 0.1) is 6.92 Å². The Morgan fingerprint density at radius 2 is 1.60 bits per heavy atom. The fourth-order valence-corrected chi connectivity index (χ4v) is 5.80. The maximum atomic E-state index is 14.1. The highest BCUT2D eigenvalue weighted by molar-refractivity contribution is 7.92. The molecule has 0 aliphatic carbocycles. The quantitative estimate of drug-likeness (QED) is 0.317. The molecule has 3 aromatic rings. The van der Waals surface area contributed by atoms with E-state index in [2.05, 4.69) is 5.32 Å². The van der Waals surface area contributed by atoms with Gasteiger partial charge in [0.15, 0.2) is 0 Å². The number of benzene rings is 3. The van der Waals surface area contributed by atoms with Crippen LogP contribution in [0.15, 0.2) is 83.8 Å². The van der Waals surface area contributed by atoms with E-state index in [0.717, 1.165) is 21.9 Å². The minimum atomic E-state index is -4.11. The molecule has 0 unspecified atom stereocenters. The highest BCUT2D eigenvalue weighted by Crippen LogP contribution is 2.26. The van der Waals surface area contributed by atoms with Gasteiger partial charge in [-0.15, -0.1) is 0 Å². The Morgan fingerprint density at radius 1 is 0.925 bits per heavy atom. The molecule has 0 saturated heterocycles. The highest BCUT2D eigenvalue weighted by atomic mass is 32.2. The van der Waals surface area contributed by atoms with Crippen molar-refractivity contribution < 1.29 is 22.7 Å². The van der Waals surface area contributed by atoms with Crippen molar-refractivity contribution in [3.8, 4) is 5.75 Å². The standard InChI is InChI=1S/C31H39N3O5S/c1-6-24(4)32-31(36)29(7-2)33(21-25-13-11-12-23(3)20-25)30(35)22-34(26-16-18-27(39-5)19-17-26)40(37,38)28-14-9-8-10-15-28/h8-20,24,29H,6-7,21-22H2,1-5H3,(H,32,36)/t24-,29+/m1/s1. The maximum absolute atomic E-state index is 14.1. The minimum Gasteiger partial charge on any atom is -0.497 e. The van der Waals surface area contributed by atoms with Crippen molar-refractivity contribution in [2.24, 2.45) is 0 Å². The second-order valence-corrected chi connectivity index (χ2v) is 11.6. The number of carbonyl (C=O) groups excluding carboxylic acids is 2. The molecule has 0 spiro atoms. The van der Waals surface area contributed by atoms with E-state index in [1.807, 2.05) is 52.0 Å². The second-order valence-electron chi connectivity index (χ2n) is 9.78. The van der Waals surface area contributed by atoms with Gasteiger partial charge in [-0.25, -0.2) is 8.42 Å². The van der Waals surface area contributed by atoms with Crippen molar-refractivity contribution in [2.75, 3.05) is 18.0 Å². The van der Waals surface area contributed by atoms with Crippen LogP contribution in [0.5, 0.6) is 5.75 Å². The lowest BCUT2D eigenvalue weighted by atomic mass is 10.1. The maximum Gasteiger partial charge on any atom is 0.264 e. The van der Waals surface area contributed by atoms with E-state index in [0.29, 0.717) is 17.9 Å². The van der Waals surface area contributed by atoms with Gasteiger partial charge in [-0.05, 0) is 68.7 Å². The minimum absolute atomic E-state index is 0.0606. The third-order valence-electron chi connectivity index (χ3n) is 6.79. The second kappa shape index (κ2) is 14.0. The van der Waals surface area contributed by atoms with Gasteiger partial charge in [0.05, 0.1) is 17.7 Å². The molecule has 1 N–H and O–H groups in total. The predicted octanol–water partition coefficient (Wildman–Crippen LogP) is 4.92. The number of nitrogens with one attached hydrogen (secondary N) is 1. The number of hydrogen-bond acceptors (Lipinski definition) is 5. The van der Waals surface area contributed by atoms with Crippen LogP contribution in [0.3, 0.4) is 0 Å². The Balaban J connectivity index is 2.05. The zero-order valence-electron chi connectivity index (χ0n) is 23.8. The van der Waals surface area contributed by atoms with E-state index in [1.165, 1.54) is 24.1 Å². The summed E-state index contributed by atoms with van der Waals surface area (Å²) in [4.78, 5) is 29.0. The van der Waals surface area contributed by atoms with Crippen LogP contribution >= 0.6 is 0 Å². The first-order valence-corrected chi connectivity index (χ1v) is 14.9. The molecular formula is C31H39N3O5S. The molecule has 3 rings (SSSR count). The lowest BCUT2D eigenvalue weighted by Gasteiger charge is -2.33. The normalized spacial score (nSPS) is 12.7. The Labute approximate surface area is 238 Å². The number of methoxy groups -OCH3 is 1. The molecule has 0 aliphatic heterocycles. The Morgan fingerprint density at radius 3 is 2.17 bits per heavy atom. The Hall–Kier alpha value is -3.85. The largest absolute Gasteiger partial charge is 0.497 e. The van der Waals surface area contributed by atoms with Gasteiger partial charge in [-0.2, -0.15) is 0 Å². The average Bonchev–Trinajstić information content (AvgIpc) is 2.96. The van der Waals surface area contributed by atoms with Crippen molar-refractivity contribution in [3.05, 3.63) is 90.0 Å². The molecule has 0 heterocycles. The molecule has 214 valence electrons. The van der Waals surface area contributed by atoms with Crippen molar-refractivity contribution >= 4 is 27.5 Å². The fraction of sp³-hybridized carbons (Fsp3) is 0.355. The third kappa shape index (κ3) is 7.63. The number of anilines is 1. The SMILES string of the molecule is CC[C@@H](C)NC(=O)[C@H](CC)N(Cc1cccc(C)c1)C(=O)CN(c1ccc(OC)cc1)S(=O)(=O)c1ccccc1. The molecule has 2 atom stereocenters. The number of aryl methyl sites for hydroxylation is 1. The summed E-state index contributed by atoms with van der Waals surface area (Å²) in [5, 5.41) is 2.99. The van der Waals surface area contributed by atoms with Crippen LogP contribution in [-0.2, 0) is 26.2 Å². The van der Waals surface area contributed by atoms with Crippen LogP contribution in [-0.4, -0.2) is 50.9 Å². The number of sulfonamides is 1. The van der Waals surface area contributed by atoms with Crippen LogP contribution in [0.4, 0.5) is 5.69 Å². The lowest BCUT2D eigenvalue weighted by molar-refractivity contribution is -0.140. The molecule has 40 heavy (non-hydrogen) atoms. The van der Waals surface area contributed by atoms with Crippen LogP contribution in [0.25, 0.3) is 0 Å². The molecule has 9 heteroatoms. The monoisotopic (exact) mass is 565 g/mol. The molecule has 3 aromatic carbocycles. The molecule has 0 aliphatic rings. The average molecular weight is 566 g/mol. The van der Waals surface area contributed by atoms with E-state index in [4.69, 9.17) is 4.74 Å². The van der Waals surface area contributed by atoms with Crippen LogP contribution in [0.2, 0.25) is 0 Å². The summed E-state index contributed by atoms with van der Waals surface area (Å²) < 4.78 is 34.0. The van der Waals surface area contributed by atoms with Gasteiger partial charge >= 0.3 is 0 Å². The molecular weight excluding hydrogens is 526 g/mol. The van der Waals surface area contributed by atoms with Gasteiger partial charge in [-0.3, -0.25) is 13.9 Å². The van der Waals surface area contributed by atoms with Gasteiger partial charge in [0.25, 0.3) is 10.0 Å². The van der Waals surface area contributed by atoms with Crippen molar-refractivity contribution in [1.29, 1.82) is 0 Å². The van der Waals surface area contributed by atoms with E-state index >= 15 is 0 Å². The van der Waals surface area contributed by atoms with Gasteiger partial charge in [0.2, 0.25) is 11.8 Å². The fourth-order valence-electron chi connectivity index (χ4n) is 4.36. The number of carbonyl (C=O) groups is 2. The number of hydrogen-bond donors (Lipinski definition) is 1. The van der Waals surface area contributed by atoms with Crippen molar-refractivity contribution in [2.45, 2.75) is 64.1 Å². The van der Waals surface area contributed by atoms with Gasteiger partial charge in [0, 0.05) is 12.6 Å². The molecule has 0 saturated carbocycles. The first-order valence-electron chi connectivity index (χ1n) is 13.5. The van der Waals surface area contributed by atoms with Gasteiger partial charge in [-0.1, -0.05) is 61.9 Å². The summed E-state index contributed by atoms with van der Waals surface area (Å²) in [6, 6.07) is 21.4.